The lowest BCUT2D eigenvalue weighted by Gasteiger charge is -2.31. The number of hydrogen-bond acceptors (Lipinski definition) is 3. The maximum Gasteiger partial charge on any atom is 0.193 e. The average Bonchev–Trinajstić information content (AvgIpc) is 2.52. The second-order valence-electron chi connectivity index (χ2n) is 5.54. The molecule has 1 aliphatic rings. The summed E-state index contributed by atoms with van der Waals surface area (Å²) < 4.78 is 5.40. The van der Waals surface area contributed by atoms with Crippen molar-refractivity contribution in [1.29, 1.82) is 0 Å². The Hall–Kier alpha value is -0.340. The molecule has 1 N–H and O–H groups in total. The lowest BCUT2D eigenvalue weighted by molar-refractivity contribution is 0.0220. The van der Waals surface area contributed by atoms with Crippen LogP contribution in [-0.2, 0) is 4.74 Å². The molecule has 0 aliphatic carbocycles. The molecule has 1 unspecified atom stereocenters. The zero-order valence-corrected chi connectivity index (χ0v) is 16.7. The first-order chi connectivity index (χ1) is 10.2. The summed E-state index contributed by atoms with van der Waals surface area (Å²) in [6, 6.07) is 0.462. The van der Waals surface area contributed by atoms with Crippen molar-refractivity contribution in [3.05, 3.63) is 12.7 Å². The van der Waals surface area contributed by atoms with Crippen LogP contribution in [0, 0.1) is 0 Å². The number of nitrogens with one attached hydrogen (secondary N) is 1. The summed E-state index contributed by atoms with van der Waals surface area (Å²) in [5.74, 6) is 1.00. The van der Waals surface area contributed by atoms with Crippen molar-refractivity contribution in [2.24, 2.45) is 4.99 Å². The van der Waals surface area contributed by atoms with Crippen LogP contribution in [0.15, 0.2) is 17.6 Å². The Morgan fingerprint density at radius 1 is 1.45 bits per heavy atom. The third-order valence-electron chi connectivity index (χ3n) is 3.77. The van der Waals surface area contributed by atoms with E-state index in [-0.39, 0.29) is 24.0 Å². The highest BCUT2D eigenvalue weighted by molar-refractivity contribution is 14.0. The van der Waals surface area contributed by atoms with Gasteiger partial charge in [-0.1, -0.05) is 6.08 Å². The summed E-state index contributed by atoms with van der Waals surface area (Å²) in [5.41, 5.74) is 0. The molecule has 6 heteroatoms. The lowest BCUT2D eigenvalue weighted by atomic mass is 10.2. The maximum absolute atomic E-state index is 5.40. The van der Waals surface area contributed by atoms with Gasteiger partial charge < -0.3 is 15.0 Å². The van der Waals surface area contributed by atoms with Crippen molar-refractivity contribution in [3.8, 4) is 0 Å². The van der Waals surface area contributed by atoms with Gasteiger partial charge in [0.05, 0.1) is 19.8 Å². The highest BCUT2D eigenvalue weighted by atomic mass is 127. The number of nitrogens with zero attached hydrogens (tertiary/aromatic N) is 3. The first kappa shape index (κ1) is 21.7. The van der Waals surface area contributed by atoms with Gasteiger partial charge in [-0.3, -0.25) is 9.89 Å². The van der Waals surface area contributed by atoms with Gasteiger partial charge in [-0.2, -0.15) is 0 Å². The Kier molecular flexibility index (Phi) is 12.9. The summed E-state index contributed by atoms with van der Waals surface area (Å²) in [5, 5.41) is 3.37. The summed E-state index contributed by atoms with van der Waals surface area (Å²) in [7, 11) is 2.10. The van der Waals surface area contributed by atoms with E-state index in [4.69, 9.17) is 9.73 Å². The van der Waals surface area contributed by atoms with Crippen LogP contribution < -0.4 is 5.32 Å². The van der Waals surface area contributed by atoms with Crippen molar-refractivity contribution in [3.63, 3.8) is 0 Å². The summed E-state index contributed by atoms with van der Waals surface area (Å²) in [6.07, 6.45) is 4.13. The Balaban J connectivity index is 0.00000441. The molecule has 0 aromatic heterocycles. The third kappa shape index (κ3) is 8.33. The number of hydrogen-bond donors (Lipinski definition) is 1. The van der Waals surface area contributed by atoms with E-state index in [9.17, 15) is 0 Å². The van der Waals surface area contributed by atoms with E-state index in [0.717, 1.165) is 64.7 Å². The molecule has 0 bridgehead atoms. The van der Waals surface area contributed by atoms with Crippen LogP contribution in [0.3, 0.4) is 0 Å². The van der Waals surface area contributed by atoms with Gasteiger partial charge in [-0.05, 0) is 26.7 Å². The number of halogens is 1. The third-order valence-corrected chi connectivity index (χ3v) is 3.77. The van der Waals surface area contributed by atoms with Crippen LogP contribution in [0.2, 0.25) is 0 Å². The van der Waals surface area contributed by atoms with Crippen LogP contribution in [0.5, 0.6) is 0 Å². The quantitative estimate of drug-likeness (QED) is 0.213. The highest BCUT2D eigenvalue weighted by Crippen LogP contribution is 2.04. The Morgan fingerprint density at radius 3 is 2.73 bits per heavy atom. The molecule has 0 saturated carbocycles. The number of unbranched alkanes of at least 4 members (excludes halogenated alkanes) is 1. The first-order valence-corrected chi connectivity index (χ1v) is 8.11. The molecule has 0 aromatic rings. The molecule has 22 heavy (non-hydrogen) atoms. The van der Waals surface area contributed by atoms with Crippen LogP contribution >= 0.6 is 24.0 Å². The van der Waals surface area contributed by atoms with E-state index >= 15 is 0 Å². The lowest BCUT2D eigenvalue weighted by Crippen LogP contribution is -2.45. The smallest absolute Gasteiger partial charge is 0.193 e. The number of morpholine rings is 1. The zero-order chi connectivity index (χ0) is 15.5. The fourth-order valence-electron chi connectivity index (χ4n) is 2.40. The van der Waals surface area contributed by atoms with Crippen molar-refractivity contribution in [2.75, 3.05) is 53.0 Å². The molecule has 0 aromatic carbocycles. The monoisotopic (exact) mass is 424 g/mol. The van der Waals surface area contributed by atoms with Gasteiger partial charge in [-0.25, -0.2) is 0 Å². The standard InChI is InChI=1S/C16H32N4O.HI/c1-5-7-8-9-19(4)16(17-6-2)18-14-15(3)20-10-12-21-13-11-20;/h5,15H,1,6-14H2,2-4H3,(H,17,18);1H. The van der Waals surface area contributed by atoms with E-state index in [1.807, 2.05) is 6.08 Å². The van der Waals surface area contributed by atoms with E-state index < -0.39 is 0 Å². The molecule has 1 fully saturated rings. The van der Waals surface area contributed by atoms with Crippen LogP contribution in [0.4, 0.5) is 0 Å². The predicted octanol–water partition coefficient (Wildman–Crippen LogP) is 2.19. The molecular formula is C16H33IN4O. The van der Waals surface area contributed by atoms with Gasteiger partial charge in [0.2, 0.25) is 0 Å². The van der Waals surface area contributed by atoms with Gasteiger partial charge in [0.15, 0.2) is 5.96 Å². The Bertz CT molecular complexity index is 319. The van der Waals surface area contributed by atoms with E-state index in [1.165, 1.54) is 0 Å². The molecular weight excluding hydrogens is 391 g/mol. The molecule has 0 spiro atoms. The second kappa shape index (κ2) is 13.1. The van der Waals surface area contributed by atoms with Crippen molar-refractivity contribution in [2.45, 2.75) is 32.7 Å². The SMILES string of the molecule is C=CCCCN(C)C(=NCC(C)N1CCOCC1)NCC.I. The molecule has 1 aliphatic heterocycles. The number of guanidine groups is 1. The van der Waals surface area contributed by atoms with Crippen LogP contribution in [-0.4, -0.2) is 74.8 Å². The second-order valence-corrected chi connectivity index (χ2v) is 5.54. The minimum absolute atomic E-state index is 0. The van der Waals surface area contributed by atoms with E-state index in [1.54, 1.807) is 0 Å². The van der Waals surface area contributed by atoms with Gasteiger partial charge >= 0.3 is 0 Å². The molecule has 1 atom stereocenters. The van der Waals surface area contributed by atoms with E-state index in [0.29, 0.717) is 6.04 Å². The first-order valence-electron chi connectivity index (χ1n) is 8.11. The number of allylic oxidation sites excluding steroid dienone is 1. The minimum Gasteiger partial charge on any atom is -0.379 e. The fraction of sp³-hybridized carbons (Fsp3) is 0.812. The Morgan fingerprint density at radius 2 is 2.14 bits per heavy atom. The molecule has 1 heterocycles. The summed E-state index contributed by atoms with van der Waals surface area (Å²) in [4.78, 5) is 9.45. The predicted molar refractivity (Wildman–Crippen MR) is 105 cm³/mol. The average molecular weight is 424 g/mol. The Labute approximate surface area is 153 Å². The highest BCUT2D eigenvalue weighted by Gasteiger charge is 2.17. The molecule has 0 amide bonds. The van der Waals surface area contributed by atoms with Gasteiger partial charge in [0.25, 0.3) is 0 Å². The number of ether oxygens (including phenoxy) is 1. The normalized spacial score (nSPS) is 17.5. The molecule has 0 radical (unpaired) electrons. The number of rotatable bonds is 8. The van der Waals surface area contributed by atoms with E-state index in [2.05, 4.69) is 42.6 Å². The van der Waals surface area contributed by atoms with Gasteiger partial charge in [-0.15, -0.1) is 30.6 Å². The summed E-state index contributed by atoms with van der Waals surface area (Å²) in [6.45, 7) is 14.6. The molecule has 130 valence electrons. The van der Waals surface area contributed by atoms with Crippen molar-refractivity contribution >= 4 is 29.9 Å². The number of aliphatic imine (C=N–C) groups is 1. The van der Waals surface area contributed by atoms with Gasteiger partial charge in [0, 0.05) is 39.3 Å². The van der Waals surface area contributed by atoms with Crippen molar-refractivity contribution in [1.82, 2.24) is 15.1 Å². The molecule has 1 saturated heterocycles. The topological polar surface area (TPSA) is 40.1 Å². The van der Waals surface area contributed by atoms with Gasteiger partial charge in [0.1, 0.15) is 0 Å². The fourth-order valence-corrected chi connectivity index (χ4v) is 2.40. The van der Waals surface area contributed by atoms with Crippen LogP contribution in [0.25, 0.3) is 0 Å². The molecule has 5 nitrogen and oxygen atoms in total. The maximum atomic E-state index is 5.40. The van der Waals surface area contributed by atoms with Crippen molar-refractivity contribution < 1.29 is 4.74 Å². The molecule has 1 rings (SSSR count). The summed E-state index contributed by atoms with van der Waals surface area (Å²) >= 11 is 0. The minimum atomic E-state index is 0. The zero-order valence-electron chi connectivity index (χ0n) is 14.4. The largest absolute Gasteiger partial charge is 0.379 e. The van der Waals surface area contributed by atoms with Crippen LogP contribution in [0.1, 0.15) is 26.7 Å².